The molecule has 1 rings (SSSR count). The molecule has 1 aromatic heterocycles. The van der Waals surface area contributed by atoms with Gasteiger partial charge in [0, 0.05) is 18.0 Å². The van der Waals surface area contributed by atoms with E-state index >= 15 is 0 Å². The van der Waals surface area contributed by atoms with Crippen molar-refractivity contribution in [3.63, 3.8) is 0 Å². The van der Waals surface area contributed by atoms with Crippen LogP contribution in [0.4, 0.5) is 0 Å². The maximum Gasteiger partial charge on any atom is 0.307 e. The van der Waals surface area contributed by atoms with Gasteiger partial charge in [0.2, 0.25) is 5.91 Å². The van der Waals surface area contributed by atoms with Crippen molar-refractivity contribution in [2.24, 2.45) is 0 Å². The second kappa shape index (κ2) is 7.91. The zero-order valence-electron chi connectivity index (χ0n) is 11.2. The molecule has 5 nitrogen and oxygen atoms in total. The highest BCUT2D eigenvalue weighted by Crippen LogP contribution is 2.11. The van der Waals surface area contributed by atoms with Crippen LogP contribution in [0.3, 0.4) is 0 Å². The molecule has 1 heterocycles. The van der Waals surface area contributed by atoms with Crippen molar-refractivity contribution in [1.82, 2.24) is 4.90 Å². The topological polar surface area (TPSA) is 66.8 Å². The van der Waals surface area contributed by atoms with Crippen molar-refractivity contribution >= 4 is 23.2 Å². The van der Waals surface area contributed by atoms with Crippen LogP contribution in [0, 0.1) is 0 Å². The Morgan fingerprint density at radius 2 is 2.26 bits per heavy atom. The lowest BCUT2D eigenvalue weighted by Crippen LogP contribution is -2.39. The van der Waals surface area contributed by atoms with Crippen LogP contribution >= 0.6 is 11.3 Å². The number of aliphatic hydroxyl groups excluding tert-OH is 1. The third-order valence-electron chi connectivity index (χ3n) is 2.56. The number of carbonyl (C=O) groups excluding carboxylic acids is 2. The monoisotopic (exact) mass is 285 g/mol. The van der Waals surface area contributed by atoms with Gasteiger partial charge >= 0.3 is 5.97 Å². The van der Waals surface area contributed by atoms with Gasteiger partial charge in [0.15, 0.2) is 0 Å². The molecule has 0 aliphatic heterocycles. The molecule has 1 atom stereocenters. The van der Waals surface area contributed by atoms with Gasteiger partial charge in [-0.1, -0.05) is 6.07 Å². The van der Waals surface area contributed by atoms with Gasteiger partial charge in [-0.15, -0.1) is 11.3 Å². The molecule has 1 unspecified atom stereocenters. The number of ether oxygens (including phenoxy) is 1. The normalized spacial score (nSPS) is 11.9. The number of thiophene rings is 1. The first kappa shape index (κ1) is 15.7. The van der Waals surface area contributed by atoms with Crippen LogP contribution < -0.4 is 0 Å². The van der Waals surface area contributed by atoms with E-state index in [1.54, 1.807) is 6.92 Å². The Morgan fingerprint density at radius 1 is 1.53 bits per heavy atom. The van der Waals surface area contributed by atoms with Gasteiger partial charge in [-0.3, -0.25) is 9.59 Å². The number of esters is 1. The summed E-state index contributed by atoms with van der Waals surface area (Å²) in [6.45, 7) is 2.10. The Hall–Kier alpha value is -1.40. The molecule has 1 aromatic rings. The third kappa shape index (κ3) is 5.85. The molecule has 6 heteroatoms. The Labute approximate surface area is 116 Å². The lowest BCUT2D eigenvalue weighted by atomic mass is 10.2. The summed E-state index contributed by atoms with van der Waals surface area (Å²) in [7, 11) is 1.31. The molecule has 19 heavy (non-hydrogen) atoms. The molecule has 106 valence electrons. The third-order valence-corrected chi connectivity index (χ3v) is 3.43. The van der Waals surface area contributed by atoms with E-state index in [4.69, 9.17) is 0 Å². The predicted molar refractivity (Wildman–Crippen MR) is 72.9 cm³/mol. The maximum absolute atomic E-state index is 12.1. The fourth-order valence-electron chi connectivity index (χ4n) is 1.64. The van der Waals surface area contributed by atoms with E-state index in [2.05, 4.69) is 4.74 Å². The van der Waals surface area contributed by atoms with Gasteiger partial charge in [0.1, 0.15) is 0 Å². The molecular weight excluding hydrogens is 266 g/mol. The Kier molecular flexibility index (Phi) is 6.52. The highest BCUT2D eigenvalue weighted by atomic mass is 32.1. The first-order valence-electron chi connectivity index (χ1n) is 6.08. The van der Waals surface area contributed by atoms with Crippen LogP contribution in [0.1, 0.15) is 18.2 Å². The van der Waals surface area contributed by atoms with Crippen LogP contribution in [-0.4, -0.2) is 48.2 Å². The van der Waals surface area contributed by atoms with E-state index in [1.807, 2.05) is 17.5 Å². The number of nitrogens with zero attached hydrogens (tertiary/aromatic N) is 1. The summed E-state index contributed by atoms with van der Waals surface area (Å²) >= 11 is 1.51. The molecule has 0 saturated heterocycles. The lowest BCUT2D eigenvalue weighted by molar-refractivity contribution is -0.142. The van der Waals surface area contributed by atoms with E-state index in [0.29, 0.717) is 6.42 Å². The minimum atomic E-state index is -0.620. The highest BCUT2D eigenvalue weighted by Gasteiger charge is 2.17. The number of rotatable bonds is 7. The molecule has 0 spiro atoms. The lowest BCUT2D eigenvalue weighted by Gasteiger charge is -2.23. The summed E-state index contributed by atoms with van der Waals surface area (Å²) in [6.07, 6.45) is -0.185. The van der Waals surface area contributed by atoms with E-state index in [-0.39, 0.29) is 31.4 Å². The van der Waals surface area contributed by atoms with Gasteiger partial charge in [-0.25, -0.2) is 0 Å². The summed E-state index contributed by atoms with van der Waals surface area (Å²) in [5, 5.41) is 11.3. The minimum Gasteiger partial charge on any atom is -0.469 e. The molecule has 1 N–H and O–H groups in total. The van der Waals surface area contributed by atoms with E-state index < -0.39 is 6.10 Å². The first-order chi connectivity index (χ1) is 9.02. The van der Waals surface area contributed by atoms with Crippen LogP contribution in [-0.2, 0) is 20.7 Å². The molecule has 0 aromatic carbocycles. The van der Waals surface area contributed by atoms with Gasteiger partial charge in [0.25, 0.3) is 0 Å². The second-order valence-electron chi connectivity index (χ2n) is 4.27. The van der Waals surface area contributed by atoms with E-state index in [0.717, 1.165) is 4.88 Å². The first-order valence-corrected chi connectivity index (χ1v) is 6.96. The number of carbonyl (C=O) groups is 2. The smallest absolute Gasteiger partial charge is 0.307 e. The molecule has 1 amide bonds. The SMILES string of the molecule is COC(=O)CCN(CC(C)O)C(=O)Cc1cccs1. The molecule has 0 bridgehead atoms. The predicted octanol–water partition coefficient (Wildman–Crippen LogP) is 1.06. The zero-order valence-corrected chi connectivity index (χ0v) is 12.0. The molecule has 0 aliphatic carbocycles. The summed E-state index contributed by atoms with van der Waals surface area (Å²) in [5.74, 6) is -0.452. The van der Waals surface area contributed by atoms with E-state index in [1.165, 1.54) is 23.3 Å². The van der Waals surface area contributed by atoms with Gasteiger partial charge in [0.05, 0.1) is 26.1 Å². The Bertz CT molecular complexity index is 403. The number of hydrogen-bond donors (Lipinski definition) is 1. The number of hydrogen-bond acceptors (Lipinski definition) is 5. The summed E-state index contributed by atoms with van der Waals surface area (Å²) in [6, 6.07) is 3.78. The molecule has 0 aliphatic rings. The Balaban J connectivity index is 2.56. The summed E-state index contributed by atoms with van der Waals surface area (Å²) < 4.78 is 4.55. The van der Waals surface area contributed by atoms with Crippen molar-refractivity contribution in [2.45, 2.75) is 25.9 Å². The summed E-state index contributed by atoms with van der Waals surface area (Å²) in [5.41, 5.74) is 0. The zero-order chi connectivity index (χ0) is 14.3. The van der Waals surface area contributed by atoms with Crippen molar-refractivity contribution in [3.8, 4) is 0 Å². The average Bonchev–Trinajstić information content (AvgIpc) is 2.86. The Morgan fingerprint density at radius 3 is 2.79 bits per heavy atom. The van der Waals surface area contributed by atoms with E-state index in [9.17, 15) is 14.7 Å². The van der Waals surface area contributed by atoms with Gasteiger partial charge < -0.3 is 14.7 Å². The fraction of sp³-hybridized carbons (Fsp3) is 0.538. The van der Waals surface area contributed by atoms with Gasteiger partial charge in [-0.05, 0) is 18.4 Å². The van der Waals surface area contributed by atoms with Crippen LogP contribution in [0.5, 0.6) is 0 Å². The van der Waals surface area contributed by atoms with Crippen molar-refractivity contribution < 1.29 is 19.4 Å². The van der Waals surface area contributed by atoms with Crippen molar-refractivity contribution in [3.05, 3.63) is 22.4 Å². The van der Waals surface area contributed by atoms with Crippen LogP contribution in [0.2, 0.25) is 0 Å². The minimum absolute atomic E-state index is 0.0905. The number of methoxy groups -OCH3 is 1. The quantitative estimate of drug-likeness (QED) is 0.761. The maximum atomic E-state index is 12.1. The largest absolute Gasteiger partial charge is 0.469 e. The molecule has 0 fully saturated rings. The number of aliphatic hydroxyl groups is 1. The van der Waals surface area contributed by atoms with Crippen molar-refractivity contribution in [1.29, 1.82) is 0 Å². The fourth-order valence-corrected chi connectivity index (χ4v) is 2.33. The second-order valence-corrected chi connectivity index (χ2v) is 5.30. The number of amides is 1. The highest BCUT2D eigenvalue weighted by molar-refractivity contribution is 7.10. The average molecular weight is 285 g/mol. The molecule has 0 saturated carbocycles. The molecule has 0 radical (unpaired) electrons. The summed E-state index contributed by atoms with van der Waals surface area (Å²) in [4.78, 5) is 25.7. The molecular formula is C13H19NO4S. The van der Waals surface area contributed by atoms with Crippen molar-refractivity contribution in [2.75, 3.05) is 20.2 Å². The van der Waals surface area contributed by atoms with Gasteiger partial charge in [-0.2, -0.15) is 0 Å². The standard InChI is InChI=1S/C13H19NO4S/c1-10(15)9-14(6-5-13(17)18-2)12(16)8-11-4-3-7-19-11/h3-4,7,10,15H,5-6,8-9H2,1-2H3. The van der Waals surface area contributed by atoms with Crippen LogP contribution in [0.25, 0.3) is 0 Å². The van der Waals surface area contributed by atoms with Crippen LogP contribution in [0.15, 0.2) is 17.5 Å².